The van der Waals surface area contributed by atoms with Crippen molar-refractivity contribution in [3.63, 3.8) is 0 Å². The molecule has 0 amide bonds. The maximum Gasteiger partial charge on any atom is 0.116 e. The topological polar surface area (TPSA) is 58.6 Å². The fourth-order valence-corrected chi connectivity index (χ4v) is 2.17. The maximum absolute atomic E-state index is 9.49. The monoisotopic (exact) mass is 210 g/mol. The van der Waals surface area contributed by atoms with Gasteiger partial charge >= 0.3 is 0 Å². The summed E-state index contributed by atoms with van der Waals surface area (Å²) >= 11 is 0. The summed E-state index contributed by atoms with van der Waals surface area (Å²) in [6, 6.07) is 13.2. The fraction of sp³-hybridized carbons (Fsp3) is 0. The van der Waals surface area contributed by atoms with Crippen LogP contribution in [0.1, 0.15) is 11.1 Å². The summed E-state index contributed by atoms with van der Waals surface area (Å²) in [4.78, 5) is 0. The lowest BCUT2D eigenvalue weighted by atomic mass is 10.1. The minimum absolute atomic E-state index is 0.229. The lowest BCUT2D eigenvalue weighted by molar-refractivity contribution is 0.475. The van der Waals surface area contributed by atoms with Gasteiger partial charge in [-0.3, -0.25) is 0 Å². The van der Waals surface area contributed by atoms with E-state index in [0.717, 1.165) is 28.0 Å². The zero-order chi connectivity index (χ0) is 11.1. The second-order valence-corrected chi connectivity index (χ2v) is 3.75. The van der Waals surface area contributed by atoms with Crippen LogP contribution in [0.4, 0.5) is 0 Å². The van der Waals surface area contributed by atoms with E-state index in [-0.39, 0.29) is 5.75 Å². The molecule has 0 heterocycles. The molecular formula is C13H10N2O. The van der Waals surface area contributed by atoms with Crippen molar-refractivity contribution in [3.8, 4) is 16.9 Å². The highest BCUT2D eigenvalue weighted by molar-refractivity contribution is 6.24. The Hall–Kier alpha value is -2.29. The van der Waals surface area contributed by atoms with Gasteiger partial charge in [-0.2, -0.15) is 5.10 Å². The van der Waals surface area contributed by atoms with Gasteiger partial charge in [-0.1, -0.05) is 30.3 Å². The van der Waals surface area contributed by atoms with Crippen LogP contribution in [0.5, 0.6) is 5.75 Å². The number of fused-ring (bicyclic) bond motifs is 3. The Kier molecular flexibility index (Phi) is 1.74. The number of benzene rings is 2. The summed E-state index contributed by atoms with van der Waals surface area (Å²) in [5.74, 6) is 5.65. The highest BCUT2D eigenvalue weighted by Crippen LogP contribution is 2.37. The van der Waals surface area contributed by atoms with Crippen molar-refractivity contribution in [2.45, 2.75) is 0 Å². The van der Waals surface area contributed by atoms with Crippen LogP contribution in [0.25, 0.3) is 11.1 Å². The first-order valence-electron chi connectivity index (χ1n) is 5.02. The largest absolute Gasteiger partial charge is 0.508 e. The molecule has 0 radical (unpaired) electrons. The van der Waals surface area contributed by atoms with E-state index in [0.29, 0.717) is 0 Å². The summed E-state index contributed by atoms with van der Waals surface area (Å²) in [5.41, 5.74) is 4.83. The fourth-order valence-electron chi connectivity index (χ4n) is 2.17. The molecule has 16 heavy (non-hydrogen) atoms. The summed E-state index contributed by atoms with van der Waals surface area (Å²) in [6.45, 7) is 0. The first kappa shape index (κ1) is 8.97. The molecule has 0 aliphatic heterocycles. The van der Waals surface area contributed by atoms with Crippen LogP contribution in [-0.2, 0) is 0 Å². The molecule has 0 saturated heterocycles. The number of phenolic OH excluding ortho intramolecular Hbond substituents is 1. The summed E-state index contributed by atoms with van der Waals surface area (Å²) in [6.07, 6.45) is 0. The molecule has 3 nitrogen and oxygen atoms in total. The van der Waals surface area contributed by atoms with Gasteiger partial charge in [0, 0.05) is 11.1 Å². The standard InChI is InChI=1S/C13H10N2O/c14-15-13-11-4-2-1-3-9(11)10-6-5-8(16)7-12(10)13/h1-7,16H,14H2/b15-13-. The molecule has 0 saturated carbocycles. The highest BCUT2D eigenvalue weighted by atomic mass is 16.3. The van der Waals surface area contributed by atoms with E-state index in [1.165, 1.54) is 0 Å². The van der Waals surface area contributed by atoms with E-state index in [4.69, 9.17) is 5.84 Å². The van der Waals surface area contributed by atoms with Crippen LogP contribution in [0, 0.1) is 0 Å². The first-order chi connectivity index (χ1) is 7.81. The lowest BCUT2D eigenvalue weighted by Crippen LogP contribution is -2.01. The lowest BCUT2D eigenvalue weighted by Gasteiger charge is -1.99. The van der Waals surface area contributed by atoms with Crippen LogP contribution < -0.4 is 5.84 Å². The van der Waals surface area contributed by atoms with Gasteiger partial charge in [-0.25, -0.2) is 0 Å². The van der Waals surface area contributed by atoms with Gasteiger partial charge < -0.3 is 10.9 Å². The van der Waals surface area contributed by atoms with Gasteiger partial charge in [0.05, 0.1) is 5.71 Å². The molecule has 0 atom stereocenters. The Morgan fingerprint density at radius 3 is 2.31 bits per heavy atom. The molecule has 0 aromatic heterocycles. The van der Waals surface area contributed by atoms with E-state index >= 15 is 0 Å². The van der Waals surface area contributed by atoms with Crippen molar-refractivity contribution in [1.29, 1.82) is 0 Å². The van der Waals surface area contributed by atoms with Crippen LogP contribution in [0.15, 0.2) is 47.6 Å². The third-order valence-electron chi connectivity index (χ3n) is 2.86. The zero-order valence-corrected chi connectivity index (χ0v) is 8.51. The number of nitrogens with two attached hydrogens (primary N) is 1. The molecule has 0 bridgehead atoms. The molecule has 3 N–H and O–H groups in total. The van der Waals surface area contributed by atoms with Crippen LogP contribution in [-0.4, -0.2) is 10.8 Å². The van der Waals surface area contributed by atoms with E-state index in [2.05, 4.69) is 5.10 Å². The van der Waals surface area contributed by atoms with E-state index in [9.17, 15) is 5.11 Å². The number of hydrogen-bond acceptors (Lipinski definition) is 3. The molecule has 1 aliphatic carbocycles. The van der Waals surface area contributed by atoms with E-state index in [1.807, 2.05) is 30.3 Å². The molecule has 3 rings (SSSR count). The molecule has 78 valence electrons. The third-order valence-corrected chi connectivity index (χ3v) is 2.86. The smallest absolute Gasteiger partial charge is 0.116 e. The zero-order valence-electron chi connectivity index (χ0n) is 8.51. The minimum atomic E-state index is 0.229. The molecule has 2 aromatic rings. The number of nitrogens with zero attached hydrogens (tertiary/aromatic N) is 1. The maximum atomic E-state index is 9.49. The molecular weight excluding hydrogens is 200 g/mol. The Morgan fingerprint density at radius 1 is 0.875 bits per heavy atom. The Labute approximate surface area is 92.8 Å². The molecule has 0 spiro atoms. The highest BCUT2D eigenvalue weighted by Gasteiger charge is 2.24. The number of hydrazone groups is 1. The normalized spacial score (nSPS) is 14.9. The van der Waals surface area contributed by atoms with Crippen molar-refractivity contribution < 1.29 is 5.11 Å². The third kappa shape index (κ3) is 1.05. The van der Waals surface area contributed by atoms with Gasteiger partial charge in [0.2, 0.25) is 0 Å². The van der Waals surface area contributed by atoms with E-state index in [1.54, 1.807) is 12.1 Å². The van der Waals surface area contributed by atoms with Crippen LogP contribution in [0.3, 0.4) is 0 Å². The average molecular weight is 210 g/mol. The Bertz CT molecular complexity index is 603. The summed E-state index contributed by atoms with van der Waals surface area (Å²) in [7, 11) is 0. The predicted molar refractivity (Wildman–Crippen MR) is 63.4 cm³/mol. The number of phenols is 1. The summed E-state index contributed by atoms with van der Waals surface area (Å²) in [5, 5.41) is 13.3. The van der Waals surface area contributed by atoms with Crippen LogP contribution in [0.2, 0.25) is 0 Å². The van der Waals surface area contributed by atoms with Crippen molar-refractivity contribution in [2.75, 3.05) is 0 Å². The van der Waals surface area contributed by atoms with Crippen molar-refractivity contribution >= 4 is 5.71 Å². The molecule has 0 fully saturated rings. The SMILES string of the molecule is N/N=C1/c2ccccc2-c2ccc(O)cc21. The molecule has 3 heteroatoms. The van der Waals surface area contributed by atoms with E-state index < -0.39 is 0 Å². The van der Waals surface area contributed by atoms with Crippen molar-refractivity contribution in [1.82, 2.24) is 0 Å². The second kappa shape index (κ2) is 3.10. The van der Waals surface area contributed by atoms with Crippen LogP contribution >= 0.6 is 0 Å². The van der Waals surface area contributed by atoms with Crippen molar-refractivity contribution in [2.24, 2.45) is 10.9 Å². The first-order valence-corrected chi connectivity index (χ1v) is 5.02. The Morgan fingerprint density at radius 2 is 1.56 bits per heavy atom. The number of hydrogen-bond donors (Lipinski definition) is 2. The minimum Gasteiger partial charge on any atom is -0.508 e. The van der Waals surface area contributed by atoms with Gasteiger partial charge in [0.1, 0.15) is 5.75 Å². The molecule has 2 aromatic carbocycles. The second-order valence-electron chi connectivity index (χ2n) is 3.75. The number of rotatable bonds is 0. The van der Waals surface area contributed by atoms with Crippen molar-refractivity contribution in [3.05, 3.63) is 53.6 Å². The van der Waals surface area contributed by atoms with Gasteiger partial charge in [-0.05, 0) is 23.3 Å². The van der Waals surface area contributed by atoms with Gasteiger partial charge in [0.25, 0.3) is 0 Å². The van der Waals surface area contributed by atoms with Gasteiger partial charge in [-0.15, -0.1) is 0 Å². The molecule has 1 aliphatic rings. The predicted octanol–water partition coefficient (Wildman–Crippen LogP) is 2.08. The quantitative estimate of drug-likeness (QED) is 0.441. The average Bonchev–Trinajstić information content (AvgIpc) is 2.61. The Balaban J connectivity index is 2.39. The van der Waals surface area contributed by atoms with Gasteiger partial charge in [0.15, 0.2) is 0 Å². The number of aromatic hydroxyl groups is 1. The summed E-state index contributed by atoms with van der Waals surface area (Å²) < 4.78 is 0. The molecule has 0 unspecified atom stereocenters.